The highest BCUT2D eigenvalue weighted by atomic mass is 19.3. The molecular weight excluding hydrogens is 442 g/mol. The van der Waals surface area contributed by atoms with Gasteiger partial charge in [-0.3, -0.25) is 19.9 Å². The van der Waals surface area contributed by atoms with Crippen molar-refractivity contribution in [3.8, 4) is 11.3 Å². The number of hydrogen-bond donors (Lipinski definition) is 3. The number of pyridine rings is 1. The van der Waals surface area contributed by atoms with Crippen LogP contribution in [0.25, 0.3) is 11.3 Å². The lowest BCUT2D eigenvalue weighted by Gasteiger charge is -2.11. The van der Waals surface area contributed by atoms with Crippen molar-refractivity contribution in [3.05, 3.63) is 65.1 Å². The molecule has 0 spiro atoms. The number of H-pyrrole nitrogens is 1. The molecule has 11 heteroatoms. The fourth-order valence-electron chi connectivity index (χ4n) is 2.88. The highest BCUT2D eigenvalue weighted by molar-refractivity contribution is 6.04. The Bertz CT molecular complexity index is 1130. The molecule has 33 heavy (non-hydrogen) atoms. The van der Waals surface area contributed by atoms with Crippen LogP contribution in [0.3, 0.4) is 0 Å². The molecule has 0 aliphatic rings. The van der Waals surface area contributed by atoms with Gasteiger partial charge in [-0.05, 0) is 17.2 Å². The van der Waals surface area contributed by atoms with Crippen molar-refractivity contribution in [1.29, 1.82) is 0 Å². The molecule has 0 fully saturated rings. The molecule has 7 nitrogen and oxygen atoms in total. The molecular formula is C22H21F4N5O2. The van der Waals surface area contributed by atoms with Gasteiger partial charge in [-0.25, -0.2) is 22.5 Å². The van der Waals surface area contributed by atoms with E-state index in [0.717, 1.165) is 0 Å². The van der Waals surface area contributed by atoms with E-state index in [0.29, 0.717) is 16.8 Å². The third-order valence-corrected chi connectivity index (χ3v) is 4.70. The summed E-state index contributed by atoms with van der Waals surface area (Å²) < 4.78 is 52.2. The van der Waals surface area contributed by atoms with Crippen molar-refractivity contribution < 1.29 is 27.2 Å². The number of anilines is 1. The maximum Gasteiger partial charge on any atom is 0.281 e. The molecule has 3 aromatic rings. The first kappa shape index (κ1) is 23.9. The van der Waals surface area contributed by atoms with E-state index < -0.39 is 24.5 Å². The topological polar surface area (TPSA) is 99.8 Å². The van der Waals surface area contributed by atoms with E-state index in [-0.39, 0.29) is 35.4 Å². The first-order valence-electron chi connectivity index (χ1n) is 9.95. The van der Waals surface area contributed by atoms with Gasteiger partial charge in [-0.2, -0.15) is 0 Å². The summed E-state index contributed by atoms with van der Waals surface area (Å²) in [4.78, 5) is 34.9. The summed E-state index contributed by atoms with van der Waals surface area (Å²) in [5.41, 5.74) is 0.149. The lowest BCUT2D eigenvalue weighted by atomic mass is 10.1. The minimum atomic E-state index is -2.99. The van der Waals surface area contributed by atoms with Gasteiger partial charge in [0.25, 0.3) is 18.8 Å². The lowest BCUT2D eigenvalue weighted by Crippen LogP contribution is -2.27. The molecule has 0 atom stereocenters. The van der Waals surface area contributed by atoms with E-state index in [1.165, 1.54) is 42.7 Å². The van der Waals surface area contributed by atoms with E-state index >= 15 is 0 Å². The molecule has 0 radical (unpaired) electrons. The molecule has 3 rings (SSSR count). The Hall–Kier alpha value is -3.76. The van der Waals surface area contributed by atoms with Gasteiger partial charge in [0.05, 0.1) is 17.5 Å². The monoisotopic (exact) mass is 463 g/mol. The number of halogens is 4. The average Bonchev–Trinajstić information content (AvgIpc) is 3.25. The second-order valence-electron chi connectivity index (χ2n) is 7.47. The third kappa shape index (κ3) is 5.93. The van der Waals surface area contributed by atoms with Crippen molar-refractivity contribution in [2.24, 2.45) is 5.92 Å². The Kier molecular flexibility index (Phi) is 7.41. The molecule has 3 N–H and O–H groups in total. The molecule has 0 saturated heterocycles. The van der Waals surface area contributed by atoms with E-state index in [4.69, 9.17) is 0 Å². The van der Waals surface area contributed by atoms with Crippen LogP contribution in [0, 0.1) is 5.92 Å². The number of nitrogens with zero attached hydrogens (tertiary/aromatic N) is 2. The maximum absolute atomic E-state index is 13.4. The Morgan fingerprint density at radius 2 is 1.70 bits per heavy atom. The first-order valence-corrected chi connectivity index (χ1v) is 9.95. The number of hydrogen-bond acceptors (Lipinski definition) is 4. The fourth-order valence-corrected chi connectivity index (χ4v) is 2.88. The zero-order valence-electron chi connectivity index (χ0n) is 17.7. The zero-order valence-corrected chi connectivity index (χ0v) is 17.7. The molecule has 174 valence electrons. The number of alkyl halides is 4. The minimum Gasteiger partial charge on any atom is -0.352 e. The predicted octanol–water partition coefficient (Wildman–Crippen LogP) is 4.87. The number of benzene rings is 1. The normalized spacial score (nSPS) is 11.3. The Balaban J connectivity index is 1.77. The molecule has 0 saturated carbocycles. The number of aromatic amines is 1. The van der Waals surface area contributed by atoms with Crippen molar-refractivity contribution in [1.82, 2.24) is 20.3 Å². The summed E-state index contributed by atoms with van der Waals surface area (Å²) >= 11 is 0. The van der Waals surface area contributed by atoms with Gasteiger partial charge in [0.1, 0.15) is 5.69 Å². The van der Waals surface area contributed by atoms with Gasteiger partial charge >= 0.3 is 0 Å². The number of nitrogens with one attached hydrogen (secondary N) is 3. The number of aromatic nitrogens is 3. The Morgan fingerprint density at radius 1 is 1.00 bits per heavy atom. The van der Waals surface area contributed by atoms with E-state index in [9.17, 15) is 27.2 Å². The highest BCUT2D eigenvalue weighted by Gasteiger charge is 2.22. The first-order chi connectivity index (χ1) is 15.7. The standard InChI is InChI=1S/C22H21F4N5O2/c1-11(2)20(32)28-9-12-7-15(17(19(25)26)27-8-12)21(33)31-22-29-10-16(30-22)13-3-5-14(6-4-13)18(23)24/h3-8,10-11,18-19H,9H2,1-2H3,(H,28,32)(H2,29,30,31,33). The Morgan fingerprint density at radius 3 is 2.30 bits per heavy atom. The summed E-state index contributed by atoms with van der Waals surface area (Å²) in [5, 5.41) is 5.03. The Labute approximate surface area is 186 Å². The van der Waals surface area contributed by atoms with Gasteiger partial charge in [-0.15, -0.1) is 0 Å². The zero-order chi connectivity index (χ0) is 24.1. The molecule has 1 aromatic carbocycles. The van der Waals surface area contributed by atoms with Gasteiger partial charge in [0.2, 0.25) is 11.9 Å². The van der Waals surface area contributed by atoms with Crippen LogP contribution >= 0.6 is 0 Å². The van der Waals surface area contributed by atoms with Gasteiger partial charge in [0.15, 0.2) is 0 Å². The van der Waals surface area contributed by atoms with E-state index in [1.54, 1.807) is 13.8 Å². The van der Waals surface area contributed by atoms with E-state index in [2.05, 4.69) is 25.6 Å². The SMILES string of the molecule is CC(C)C(=O)NCc1cnc(C(F)F)c(C(=O)Nc2ncc(-c3ccc(C(F)F)cc3)[nH]2)c1. The number of rotatable bonds is 8. The molecule has 0 bridgehead atoms. The molecule has 0 unspecified atom stereocenters. The van der Waals surface area contributed by atoms with Crippen LogP contribution in [-0.4, -0.2) is 26.8 Å². The summed E-state index contributed by atoms with van der Waals surface area (Å²) in [5.74, 6) is -1.39. The average molecular weight is 463 g/mol. The summed E-state index contributed by atoms with van der Waals surface area (Å²) in [7, 11) is 0. The van der Waals surface area contributed by atoms with Crippen molar-refractivity contribution in [3.63, 3.8) is 0 Å². The number of carbonyl (C=O) groups excluding carboxylic acids is 2. The molecule has 0 aliphatic heterocycles. The molecule has 2 amide bonds. The van der Waals surface area contributed by atoms with Crippen LogP contribution in [0.5, 0.6) is 0 Å². The van der Waals surface area contributed by atoms with Crippen LogP contribution < -0.4 is 10.6 Å². The second-order valence-corrected chi connectivity index (χ2v) is 7.47. The van der Waals surface area contributed by atoms with Gasteiger partial charge in [0, 0.05) is 24.2 Å². The third-order valence-electron chi connectivity index (χ3n) is 4.70. The van der Waals surface area contributed by atoms with E-state index in [1.807, 2.05) is 0 Å². The smallest absolute Gasteiger partial charge is 0.281 e. The summed E-state index contributed by atoms with van der Waals surface area (Å²) in [6.45, 7) is 3.43. The quantitative estimate of drug-likeness (QED) is 0.415. The van der Waals surface area contributed by atoms with Crippen LogP contribution in [0.4, 0.5) is 23.5 Å². The largest absolute Gasteiger partial charge is 0.352 e. The van der Waals surface area contributed by atoms with Crippen LogP contribution in [0.1, 0.15) is 53.9 Å². The molecule has 0 aliphatic carbocycles. The van der Waals surface area contributed by atoms with Crippen molar-refractivity contribution in [2.75, 3.05) is 5.32 Å². The maximum atomic E-state index is 13.4. The van der Waals surface area contributed by atoms with Crippen LogP contribution in [0.15, 0.2) is 42.7 Å². The lowest BCUT2D eigenvalue weighted by molar-refractivity contribution is -0.124. The van der Waals surface area contributed by atoms with Gasteiger partial charge < -0.3 is 10.3 Å². The number of imidazole rings is 1. The summed E-state index contributed by atoms with van der Waals surface area (Å²) in [6.07, 6.45) is -3.04. The number of carbonyl (C=O) groups is 2. The predicted molar refractivity (Wildman–Crippen MR) is 113 cm³/mol. The van der Waals surface area contributed by atoms with Crippen LogP contribution in [0.2, 0.25) is 0 Å². The highest BCUT2D eigenvalue weighted by Crippen LogP contribution is 2.25. The minimum absolute atomic E-state index is 0.0212. The van der Waals surface area contributed by atoms with Crippen LogP contribution in [-0.2, 0) is 11.3 Å². The number of amides is 2. The summed E-state index contributed by atoms with van der Waals surface area (Å²) in [6, 6.07) is 6.70. The van der Waals surface area contributed by atoms with Crippen molar-refractivity contribution in [2.45, 2.75) is 33.2 Å². The molecule has 2 heterocycles. The van der Waals surface area contributed by atoms with Gasteiger partial charge in [-0.1, -0.05) is 38.1 Å². The second kappa shape index (κ2) is 10.2. The molecule has 2 aromatic heterocycles. The fraction of sp³-hybridized carbons (Fsp3) is 0.273. The van der Waals surface area contributed by atoms with Crippen molar-refractivity contribution >= 4 is 17.8 Å².